The minimum Gasteiger partial charge on any atom is -0.359 e. The van der Waals surface area contributed by atoms with Crippen molar-refractivity contribution >= 4 is 5.78 Å². The fraction of sp³-hybridized carbons (Fsp3) is 0.903. The Kier molecular flexibility index (Phi) is 5.82. The molecule has 4 saturated carbocycles. The predicted molar refractivity (Wildman–Crippen MR) is 137 cm³/mol. The summed E-state index contributed by atoms with van der Waals surface area (Å²) in [4.78, 5) is 12.9. The average molecular weight is 471 g/mol. The molecule has 0 heterocycles. The highest BCUT2D eigenvalue weighted by atomic mass is 16.7. The highest BCUT2D eigenvalue weighted by Gasteiger charge is 2.68. The number of ketones is 1. The van der Waals surface area contributed by atoms with Gasteiger partial charge in [0.05, 0.1) is 6.10 Å². The number of ether oxygens (including phenoxy) is 2. The largest absolute Gasteiger partial charge is 0.359 e. The van der Waals surface area contributed by atoms with Gasteiger partial charge in [-0.15, -0.1) is 0 Å². The van der Waals surface area contributed by atoms with E-state index in [9.17, 15) is 4.79 Å². The lowest BCUT2D eigenvalue weighted by molar-refractivity contribution is -0.223. The Labute approximate surface area is 208 Å². The summed E-state index contributed by atoms with van der Waals surface area (Å²) in [7, 11) is 1.73. The first kappa shape index (κ1) is 25.0. The Hall–Kier alpha value is -0.670. The van der Waals surface area contributed by atoms with Gasteiger partial charge in [0.15, 0.2) is 0 Å². The molecule has 0 aromatic carbocycles. The van der Waals surface area contributed by atoms with Gasteiger partial charge in [-0.25, -0.2) is 0 Å². The molecule has 0 radical (unpaired) electrons. The zero-order chi connectivity index (χ0) is 24.7. The summed E-state index contributed by atoms with van der Waals surface area (Å²) >= 11 is 0. The number of methoxy groups -OCH3 is 1. The molecule has 3 nitrogen and oxygen atoms in total. The molecule has 0 aromatic heterocycles. The summed E-state index contributed by atoms with van der Waals surface area (Å²) < 4.78 is 11.5. The van der Waals surface area contributed by atoms with Crippen molar-refractivity contribution in [2.45, 2.75) is 112 Å². The van der Waals surface area contributed by atoms with Crippen LogP contribution in [0.5, 0.6) is 0 Å². The Morgan fingerprint density at radius 1 is 0.941 bits per heavy atom. The molecule has 0 amide bonds. The average Bonchev–Trinajstić information content (AvgIpc) is 2.77. The number of Topliss-reactive ketones (excluding diaryl/α,β-unsaturated/α-hetero) is 1. The third-order valence-electron chi connectivity index (χ3n) is 13.1. The lowest BCUT2D eigenvalue weighted by Gasteiger charge is -2.71. The van der Waals surface area contributed by atoms with Gasteiger partial charge in [-0.2, -0.15) is 0 Å². The van der Waals surface area contributed by atoms with Crippen molar-refractivity contribution in [1.29, 1.82) is 0 Å². The Morgan fingerprint density at radius 3 is 2.38 bits per heavy atom. The molecule has 4 fully saturated rings. The minimum absolute atomic E-state index is 0.160. The first-order valence-corrected chi connectivity index (χ1v) is 14.2. The van der Waals surface area contributed by atoms with Crippen molar-refractivity contribution in [3.63, 3.8) is 0 Å². The number of allylic oxidation sites excluding steroid dienone is 2. The van der Waals surface area contributed by atoms with E-state index in [0.29, 0.717) is 46.6 Å². The van der Waals surface area contributed by atoms with Crippen LogP contribution in [0.15, 0.2) is 11.6 Å². The van der Waals surface area contributed by atoms with Crippen molar-refractivity contribution < 1.29 is 14.3 Å². The summed E-state index contributed by atoms with van der Waals surface area (Å²) in [6.07, 6.45) is 13.6. The van der Waals surface area contributed by atoms with Gasteiger partial charge in [-0.1, -0.05) is 60.1 Å². The van der Waals surface area contributed by atoms with Gasteiger partial charge in [0.25, 0.3) is 0 Å². The van der Waals surface area contributed by atoms with Crippen LogP contribution in [0.25, 0.3) is 0 Å². The summed E-state index contributed by atoms with van der Waals surface area (Å²) in [5.74, 6) is 2.52. The zero-order valence-electron chi connectivity index (χ0n) is 23.3. The van der Waals surface area contributed by atoms with E-state index in [1.807, 2.05) is 0 Å². The van der Waals surface area contributed by atoms with Crippen molar-refractivity contribution in [1.82, 2.24) is 0 Å². The van der Waals surface area contributed by atoms with E-state index in [1.54, 1.807) is 12.7 Å². The van der Waals surface area contributed by atoms with Crippen molar-refractivity contribution in [3.8, 4) is 0 Å². The molecule has 0 spiro atoms. The second-order valence-electron chi connectivity index (χ2n) is 14.6. The maximum absolute atomic E-state index is 12.9. The summed E-state index contributed by atoms with van der Waals surface area (Å²) in [5, 5.41) is 0. The van der Waals surface area contributed by atoms with Gasteiger partial charge < -0.3 is 9.47 Å². The van der Waals surface area contributed by atoms with Crippen LogP contribution in [-0.4, -0.2) is 25.8 Å². The van der Waals surface area contributed by atoms with Crippen LogP contribution < -0.4 is 0 Å². The molecule has 5 aliphatic rings. The minimum atomic E-state index is 0.160. The number of carbonyl (C=O) groups excluding carboxylic acids is 1. The highest BCUT2D eigenvalue weighted by molar-refractivity contribution is 5.82. The van der Waals surface area contributed by atoms with Crippen molar-refractivity contribution in [2.75, 3.05) is 13.9 Å². The molecule has 5 aliphatic carbocycles. The molecule has 34 heavy (non-hydrogen) atoms. The number of fused-ring (bicyclic) bond motifs is 7. The fourth-order valence-electron chi connectivity index (χ4n) is 10.9. The van der Waals surface area contributed by atoms with E-state index in [-0.39, 0.29) is 22.9 Å². The van der Waals surface area contributed by atoms with Gasteiger partial charge in [0.2, 0.25) is 0 Å². The molecule has 9 atom stereocenters. The molecule has 0 aromatic rings. The van der Waals surface area contributed by atoms with Gasteiger partial charge in [0, 0.05) is 19.4 Å². The van der Waals surface area contributed by atoms with E-state index in [0.717, 1.165) is 19.3 Å². The van der Waals surface area contributed by atoms with Crippen LogP contribution >= 0.6 is 0 Å². The van der Waals surface area contributed by atoms with Crippen molar-refractivity contribution in [3.05, 3.63) is 11.6 Å². The molecule has 3 heteroatoms. The van der Waals surface area contributed by atoms with E-state index in [2.05, 4.69) is 54.5 Å². The van der Waals surface area contributed by atoms with Crippen molar-refractivity contribution in [2.24, 2.45) is 50.7 Å². The first-order chi connectivity index (χ1) is 15.8. The lowest BCUT2D eigenvalue weighted by atomic mass is 9.33. The lowest BCUT2D eigenvalue weighted by Crippen LogP contribution is -2.65. The topological polar surface area (TPSA) is 35.5 Å². The maximum Gasteiger partial charge on any atom is 0.146 e. The Bertz CT molecular complexity index is 874. The second-order valence-corrected chi connectivity index (χ2v) is 14.6. The third-order valence-corrected chi connectivity index (χ3v) is 13.1. The Balaban J connectivity index is 1.53. The molecule has 9 unspecified atom stereocenters. The smallest absolute Gasteiger partial charge is 0.146 e. The molecule has 0 N–H and O–H groups in total. The van der Waals surface area contributed by atoms with Gasteiger partial charge >= 0.3 is 0 Å². The normalized spacial score (nSPS) is 52.1. The summed E-state index contributed by atoms with van der Waals surface area (Å²) in [5.41, 5.74) is 3.00. The van der Waals surface area contributed by atoms with Crippen LogP contribution in [0.2, 0.25) is 0 Å². The number of hydrogen-bond acceptors (Lipinski definition) is 3. The number of carbonyl (C=O) groups is 1. The molecular formula is C31H50O3. The van der Waals surface area contributed by atoms with E-state index in [4.69, 9.17) is 9.47 Å². The van der Waals surface area contributed by atoms with Gasteiger partial charge in [0.1, 0.15) is 12.6 Å². The highest BCUT2D eigenvalue weighted by Crippen LogP contribution is 2.75. The van der Waals surface area contributed by atoms with E-state index < -0.39 is 0 Å². The SMILES string of the molecule is COCOC1CCC2(C)C(CCC3(C)C2CC=C2C4C(C)C(=O)CCC4(C)CCC23C)C1(C)C. The fourth-order valence-corrected chi connectivity index (χ4v) is 10.9. The third kappa shape index (κ3) is 3.11. The molecule has 0 aliphatic heterocycles. The standard InChI is InChI=1S/C31H50O3/c1-20-22(32)11-14-28(4)17-18-30(6)21(26(20)28)9-10-24-29(5)15-13-25(34-19-33-8)27(2,3)23(29)12-16-31(24,30)7/h9,20,23-26H,10-19H2,1-8H3. The second kappa shape index (κ2) is 7.91. The quantitative estimate of drug-likeness (QED) is 0.315. The maximum atomic E-state index is 12.9. The monoisotopic (exact) mass is 470 g/mol. The number of hydrogen-bond donors (Lipinski definition) is 0. The van der Waals surface area contributed by atoms with E-state index in [1.165, 1.54) is 38.5 Å². The Morgan fingerprint density at radius 2 is 1.68 bits per heavy atom. The van der Waals surface area contributed by atoms with Crippen LogP contribution in [0.3, 0.4) is 0 Å². The van der Waals surface area contributed by atoms with Gasteiger partial charge in [-0.3, -0.25) is 4.79 Å². The summed E-state index contributed by atoms with van der Waals surface area (Å²) in [6, 6.07) is 0. The zero-order valence-corrected chi connectivity index (χ0v) is 23.3. The van der Waals surface area contributed by atoms with Crippen LogP contribution in [-0.2, 0) is 14.3 Å². The molecule has 0 saturated heterocycles. The molecular weight excluding hydrogens is 420 g/mol. The van der Waals surface area contributed by atoms with E-state index >= 15 is 0 Å². The van der Waals surface area contributed by atoms with Crippen LogP contribution in [0, 0.1) is 50.7 Å². The molecule has 0 bridgehead atoms. The first-order valence-electron chi connectivity index (χ1n) is 14.2. The summed E-state index contributed by atoms with van der Waals surface area (Å²) in [6.45, 7) is 18.0. The molecule has 5 rings (SSSR count). The number of rotatable bonds is 3. The molecule has 192 valence electrons. The van der Waals surface area contributed by atoms with Crippen LogP contribution in [0.1, 0.15) is 106 Å². The predicted octanol–water partition coefficient (Wildman–Crippen LogP) is 7.59. The van der Waals surface area contributed by atoms with Gasteiger partial charge in [-0.05, 0) is 96.2 Å². The van der Waals surface area contributed by atoms with Crippen LogP contribution in [0.4, 0.5) is 0 Å².